The van der Waals surface area contributed by atoms with Crippen LogP contribution in [0.15, 0.2) is 58.6 Å². The molecule has 10 nitrogen and oxygen atoms in total. The Bertz CT molecular complexity index is 2000. The molecule has 2 saturated carbocycles. The molecule has 0 saturated heterocycles. The maximum atomic E-state index is 16.2. The number of phenols is 1. The van der Waals surface area contributed by atoms with E-state index in [1.165, 1.54) is 0 Å². The Morgan fingerprint density at radius 2 is 1.81 bits per heavy atom. The molecule has 3 aromatic carbocycles. The van der Waals surface area contributed by atoms with E-state index in [-0.39, 0.29) is 69.9 Å². The zero-order valence-corrected chi connectivity index (χ0v) is 25.9. The number of Topliss-reactive ketones (excluding diaryl/α,β-unsaturated/α-hetero) is 2. The minimum Gasteiger partial charge on any atom is -0.507 e. The number of aliphatic hydroxyl groups is 2. The maximum absolute atomic E-state index is 16.2. The number of nitrogens with one attached hydrogen (secondary N) is 1. The largest absolute Gasteiger partial charge is 0.507 e. The molecule has 8 rings (SSSR count). The first-order valence-corrected chi connectivity index (χ1v) is 15.9. The fraction of sp³-hybridized carbons (Fsp3) is 0.361. The molecule has 0 amide bonds. The van der Waals surface area contributed by atoms with Crippen LogP contribution in [0, 0.1) is 17.7 Å². The second kappa shape index (κ2) is 10.7. The first-order valence-electron chi connectivity index (χ1n) is 15.9. The molecule has 4 aromatic rings. The lowest BCUT2D eigenvalue weighted by Crippen LogP contribution is -2.63. The molecule has 0 radical (unpaired) electrons. The number of rotatable bonds is 7. The summed E-state index contributed by atoms with van der Waals surface area (Å²) in [6.45, 7) is 0.606. The predicted molar refractivity (Wildman–Crippen MR) is 168 cm³/mol. The molecule has 0 bridgehead atoms. The molecule has 0 unspecified atom stereocenters. The Balaban J connectivity index is 1.22. The van der Waals surface area contributed by atoms with Crippen molar-refractivity contribution in [2.24, 2.45) is 11.8 Å². The molecule has 0 spiro atoms. The van der Waals surface area contributed by atoms with Crippen LogP contribution in [-0.2, 0) is 24.4 Å². The quantitative estimate of drug-likeness (QED) is 0.209. The summed E-state index contributed by atoms with van der Waals surface area (Å²) in [4.78, 5) is 30.4. The number of fused-ring (bicyclic) bond motifs is 5. The van der Waals surface area contributed by atoms with Gasteiger partial charge in [-0.15, -0.1) is 0 Å². The predicted octanol–water partition coefficient (Wildman–Crippen LogP) is 4.76. The minimum atomic E-state index is -2.59. The number of carbonyl (C=O) groups excluding carboxylic acids is 2. The third-order valence-electron chi connectivity index (χ3n) is 10.3. The molecule has 1 heterocycles. The van der Waals surface area contributed by atoms with Crippen molar-refractivity contribution in [3.05, 3.63) is 93.5 Å². The SMILES string of the molecule is CN(C)[C@@H]1c2onc(OCc3ccccc3)c2C(=O)[C@@]2(O)C(=O)C3=C(O)c4c(c(F)c5ccc(CNC6CC6)cc5c4O)C[C@H]3C[C@@H]12. The van der Waals surface area contributed by atoms with Gasteiger partial charge in [0.1, 0.15) is 29.5 Å². The molecule has 11 heteroatoms. The number of hydrogen-bond acceptors (Lipinski definition) is 10. The van der Waals surface area contributed by atoms with E-state index in [2.05, 4.69) is 10.5 Å². The first-order chi connectivity index (χ1) is 22.6. The van der Waals surface area contributed by atoms with Crippen LogP contribution in [0.1, 0.15) is 63.7 Å². The lowest BCUT2D eigenvalue weighted by Gasteiger charge is -2.49. The van der Waals surface area contributed by atoms with Gasteiger partial charge in [-0.3, -0.25) is 14.5 Å². The third-order valence-corrected chi connectivity index (χ3v) is 10.3. The minimum absolute atomic E-state index is 0.0175. The van der Waals surface area contributed by atoms with Gasteiger partial charge in [0.25, 0.3) is 5.88 Å². The number of phenolic OH excluding ortho intramolecular Hbond substituents is 1. The summed E-state index contributed by atoms with van der Waals surface area (Å²) in [5.74, 6) is -5.20. The number of halogens is 1. The Hall–Kier alpha value is -4.58. The number of aromatic hydroxyl groups is 1. The van der Waals surface area contributed by atoms with Gasteiger partial charge in [0.2, 0.25) is 11.6 Å². The molecule has 242 valence electrons. The fourth-order valence-electron chi connectivity index (χ4n) is 7.78. The second-order valence-electron chi connectivity index (χ2n) is 13.4. The van der Waals surface area contributed by atoms with Crippen molar-refractivity contribution in [1.29, 1.82) is 0 Å². The average Bonchev–Trinajstić information content (AvgIpc) is 3.81. The zero-order chi connectivity index (χ0) is 32.8. The Morgan fingerprint density at radius 1 is 1.04 bits per heavy atom. The van der Waals surface area contributed by atoms with E-state index in [9.17, 15) is 24.9 Å². The summed E-state index contributed by atoms with van der Waals surface area (Å²) in [5, 5.41) is 43.2. The van der Waals surface area contributed by atoms with Crippen LogP contribution in [0.5, 0.6) is 11.6 Å². The van der Waals surface area contributed by atoms with Crippen molar-refractivity contribution in [1.82, 2.24) is 15.4 Å². The zero-order valence-electron chi connectivity index (χ0n) is 25.9. The van der Waals surface area contributed by atoms with E-state index in [1.54, 1.807) is 31.1 Å². The smallest absolute Gasteiger partial charge is 0.265 e. The summed E-state index contributed by atoms with van der Waals surface area (Å²) < 4.78 is 27.7. The summed E-state index contributed by atoms with van der Waals surface area (Å²) >= 11 is 0. The fourth-order valence-corrected chi connectivity index (χ4v) is 7.78. The van der Waals surface area contributed by atoms with E-state index < -0.39 is 46.6 Å². The number of nitrogens with zero attached hydrogens (tertiary/aromatic N) is 2. The van der Waals surface area contributed by atoms with Crippen molar-refractivity contribution in [2.75, 3.05) is 14.1 Å². The second-order valence-corrected chi connectivity index (χ2v) is 13.4. The molecule has 47 heavy (non-hydrogen) atoms. The molecule has 1 aromatic heterocycles. The van der Waals surface area contributed by atoms with Crippen LogP contribution in [-0.4, -0.2) is 62.7 Å². The topological polar surface area (TPSA) is 145 Å². The van der Waals surface area contributed by atoms with E-state index in [1.807, 2.05) is 36.4 Å². The van der Waals surface area contributed by atoms with Gasteiger partial charge < -0.3 is 29.9 Å². The number of aliphatic hydroxyl groups excluding tert-OH is 1. The molecule has 4 aliphatic carbocycles. The third kappa shape index (κ3) is 4.44. The number of benzene rings is 3. The van der Waals surface area contributed by atoms with Gasteiger partial charge in [-0.2, -0.15) is 0 Å². The first kappa shape index (κ1) is 29.8. The highest BCUT2D eigenvalue weighted by molar-refractivity contribution is 6.26. The van der Waals surface area contributed by atoms with E-state index >= 15 is 4.39 Å². The van der Waals surface area contributed by atoms with Gasteiger partial charge in [0.05, 0.1) is 11.6 Å². The average molecular weight is 640 g/mol. The number of aromatic nitrogens is 1. The highest BCUT2D eigenvalue weighted by atomic mass is 19.1. The summed E-state index contributed by atoms with van der Waals surface area (Å²) in [7, 11) is 3.47. The van der Waals surface area contributed by atoms with Gasteiger partial charge in [0, 0.05) is 40.4 Å². The van der Waals surface area contributed by atoms with Crippen molar-refractivity contribution >= 4 is 28.1 Å². The summed E-state index contributed by atoms with van der Waals surface area (Å²) in [5.41, 5.74) is -1.38. The molecule has 4 aliphatic rings. The molecule has 4 atom stereocenters. The van der Waals surface area contributed by atoms with Crippen molar-refractivity contribution in [3.8, 4) is 11.6 Å². The normalized spacial score (nSPS) is 25.1. The maximum Gasteiger partial charge on any atom is 0.265 e. The van der Waals surface area contributed by atoms with E-state index in [0.29, 0.717) is 12.6 Å². The highest BCUT2D eigenvalue weighted by Gasteiger charge is 2.65. The van der Waals surface area contributed by atoms with Crippen LogP contribution < -0.4 is 10.1 Å². The number of ketones is 2. The lowest BCUT2D eigenvalue weighted by atomic mass is 9.57. The lowest BCUT2D eigenvalue weighted by molar-refractivity contribution is -0.142. The van der Waals surface area contributed by atoms with Crippen LogP contribution in [0.25, 0.3) is 16.5 Å². The van der Waals surface area contributed by atoms with E-state index in [4.69, 9.17) is 9.26 Å². The van der Waals surface area contributed by atoms with Gasteiger partial charge >= 0.3 is 0 Å². The molecule has 4 N–H and O–H groups in total. The standard InChI is InChI=1S/C36H34FN3O7/c1-40(2)29-24-14-19-13-23-26(30(41)22-12-18(15-38-20-9-10-20)8-11-21(22)28(23)37)31(42)25(19)33(43)36(24,45)34(44)27-32(29)47-39-35(27)46-16-17-6-4-3-5-7-17/h3-8,11-12,19-20,24,29,38,41-42,45H,9-10,13-16H2,1-2H3/t19-,24-,29-,36-/m0/s1. The van der Waals surface area contributed by atoms with Crippen LogP contribution in [0.4, 0.5) is 4.39 Å². The molecular formula is C36H34FN3O7. The van der Waals surface area contributed by atoms with Crippen molar-refractivity contribution in [3.63, 3.8) is 0 Å². The van der Waals surface area contributed by atoms with Crippen LogP contribution in [0.2, 0.25) is 0 Å². The van der Waals surface area contributed by atoms with Gasteiger partial charge in [0.15, 0.2) is 11.4 Å². The summed E-state index contributed by atoms with van der Waals surface area (Å²) in [6.07, 6.45) is 2.24. The molecular weight excluding hydrogens is 605 g/mol. The van der Waals surface area contributed by atoms with Crippen molar-refractivity contribution < 1.29 is 38.6 Å². The Morgan fingerprint density at radius 3 is 2.53 bits per heavy atom. The Kier molecular flexibility index (Phi) is 6.80. The Labute approximate surface area is 269 Å². The highest BCUT2D eigenvalue weighted by Crippen LogP contribution is 2.56. The van der Waals surface area contributed by atoms with Crippen LogP contribution in [0.3, 0.4) is 0 Å². The van der Waals surface area contributed by atoms with Gasteiger partial charge in [-0.05, 0) is 68.0 Å². The van der Waals surface area contributed by atoms with Crippen LogP contribution >= 0.6 is 0 Å². The summed E-state index contributed by atoms with van der Waals surface area (Å²) in [6, 6.07) is 14.0. The number of ether oxygens (including phenoxy) is 1. The number of hydrogen-bond donors (Lipinski definition) is 4. The van der Waals surface area contributed by atoms with Gasteiger partial charge in [-0.25, -0.2) is 4.39 Å². The number of carbonyl (C=O) groups is 2. The van der Waals surface area contributed by atoms with Crippen molar-refractivity contribution in [2.45, 2.75) is 56.5 Å². The monoisotopic (exact) mass is 639 g/mol. The van der Waals surface area contributed by atoms with E-state index in [0.717, 1.165) is 24.0 Å². The molecule has 2 fully saturated rings. The molecule has 0 aliphatic heterocycles. The van der Waals surface area contributed by atoms with Gasteiger partial charge in [-0.1, -0.05) is 42.5 Å².